The molecule has 2 N–H and O–H groups in total. The van der Waals surface area contributed by atoms with Crippen LogP contribution in [0, 0.1) is 6.92 Å². The van der Waals surface area contributed by atoms with Gasteiger partial charge >= 0.3 is 0 Å². The van der Waals surface area contributed by atoms with E-state index in [1.165, 1.54) is 0 Å². The van der Waals surface area contributed by atoms with Gasteiger partial charge < -0.3 is 5.73 Å². The van der Waals surface area contributed by atoms with Crippen LogP contribution in [-0.2, 0) is 6.42 Å². The largest absolute Gasteiger partial charge is 0.383 e. The van der Waals surface area contributed by atoms with Gasteiger partial charge in [-0.25, -0.2) is 15.0 Å². The van der Waals surface area contributed by atoms with Gasteiger partial charge in [0.15, 0.2) is 0 Å². The molecule has 3 rings (SSSR count). The molecule has 5 heteroatoms. The zero-order valence-electron chi connectivity index (χ0n) is 11.7. The van der Waals surface area contributed by atoms with Gasteiger partial charge in [-0.05, 0) is 25.5 Å². The number of fused-ring (bicyclic) bond motifs is 1. The molecular weight excluding hydrogens is 250 g/mol. The Hall–Kier alpha value is -2.43. The zero-order chi connectivity index (χ0) is 14.1. The first-order chi connectivity index (χ1) is 9.70. The first kappa shape index (κ1) is 12.6. The van der Waals surface area contributed by atoms with Crippen LogP contribution < -0.4 is 5.73 Å². The van der Waals surface area contributed by atoms with Gasteiger partial charge in [0.05, 0.1) is 11.0 Å². The zero-order valence-corrected chi connectivity index (χ0v) is 11.7. The van der Waals surface area contributed by atoms with Gasteiger partial charge in [-0.15, -0.1) is 0 Å². The summed E-state index contributed by atoms with van der Waals surface area (Å²) in [4.78, 5) is 13.4. The number of para-hydroxylation sites is 2. The number of benzene rings is 1. The Morgan fingerprint density at radius 2 is 2.00 bits per heavy atom. The maximum absolute atomic E-state index is 6.02. The quantitative estimate of drug-likeness (QED) is 0.792. The number of aromatic nitrogens is 4. The first-order valence-corrected chi connectivity index (χ1v) is 6.76. The normalized spacial score (nSPS) is 11.1. The molecule has 0 saturated heterocycles. The molecular formula is C15H17N5. The minimum Gasteiger partial charge on any atom is -0.383 e. The summed E-state index contributed by atoms with van der Waals surface area (Å²) < 4.78 is 1.97. The van der Waals surface area contributed by atoms with Gasteiger partial charge in [-0.2, -0.15) is 0 Å². The molecule has 0 fully saturated rings. The third kappa shape index (κ3) is 2.01. The second-order valence-corrected chi connectivity index (χ2v) is 4.83. The molecule has 0 saturated carbocycles. The molecule has 5 nitrogen and oxygen atoms in total. The summed E-state index contributed by atoms with van der Waals surface area (Å²) in [6.07, 6.45) is 3.60. The smallest absolute Gasteiger partial charge is 0.147 e. The summed E-state index contributed by atoms with van der Waals surface area (Å²) in [5.41, 5.74) is 8.87. The number of nitrogens with two attached hydrogens (primary N) is 1. The lowest BCUT2D eigenvalue weighted by Gasteiger charge is -2.11. The number of aryl methyl sites for hydroxylation is 1. The lowest BCUT2D eigenvalue weighted by molar-refractivity contribution is 0.817. The van der Waals surface area contributed by atoms with Crippen molar-refractivity contribution >= 4 is 16.9 Å². The average Bonchev–Trinajstić information content (AvgIpc) is 2.87. The number of anilines is 1. The minimum absolute atomic E-state index is 0.538. The van der Waals surface area contributed by atoms with Crippen LogP contribution in [0.5, 0.6) is 0 Å². The third-order valence-electron chi connectivity index (χ3n) is 3.36. The van der Waals surface area contributed by atoms with Crippen molar-refractivity contribution in [3.05, 3.63) is 42.0 Å². The van der Waals surface area contributed by atoms with Crippen molar-refractivity contribution in [2.45, 2.75) is 26.7 Å². The molecule has 2 heterocycles. The fourth-order valence-electron chi connectivity index (χ4n) is 2.27. The number of imidazole rings is 1. The Labute approximate surface area is 117 Å². The van der Waals surface area contributed by atoms with Crippen LogP contribution in [0.4, 0.5) is 5.82 Å². The van der Waals surface area contributed by atoms with Crippen LogP contribution in [0.2, 0.25) is 0 Å². The molecule has 102 valence electrons. The molecule has 0 bridgehead atoms. The molecule has 0 aliphatic carbocycles. The lowest BCUT2D eigenvalue weighted by Crippen LogP contribution is -2.09. The van der Waals surface area contributed by atoms with E-state index in [0.29, 0.717) is 5.82 Å². The predicted molar refractivity (Wildman–Crippen MR) is 79.8 cm³/mol. The maximum atomic E-state index is 6.02. The fraction of sp³-hybridized carbons (Fsp3) is 0.267. The third-order valence-corrected chi connectivity index (χ3v) is 3.36. The van der Waals surface area contributed by atoms with Crippen molar-refractivity contribution in [2.24, 2.45) is 0 Å². The van der Waals surface area contributed by atoms with Gasteiger partial charge in [-0.1, -0.05) is 19.1 Å². The summed E-state index contributed by atoms with van der Waals surface area (Å²) in [6, 6.07) is 7.98. The fourth-order valence-corrected chi connectivity index (χ4v) is 2.27. The maximum Gasteiger partial charge on any atom is 0.147 e. The van der Waals surface area contributed by atoms with E-state index in [0.717, 1.165) is 41.1 Å². The number of rotatable bonds is 3. The second-order valence-electron chi connectivity index (χ2n) is 4.83. The van der Waals surface area contributed by atoms with E-state index in [9.17, 15) is 0 Å². The van der Waals surface area contributed by atoms with Crippen molar-refractivity contribution in [3.8, 4) is 5.82 Å². The van der Waals surface area contributed by atoms with E-state index in [4.69, 9.17) is 5.73 Å². The highest BCUT2D eigenvalue weighted by Crippen LogP contribution is 2.22. The van der Waals surface area contributed by atoms with Crippen LogP contribution in [0.15, 0.2) is 30.6 Å². The van der Waals surface area contributed by atoms with Gasteiger partial charge in [0.2, 0.25) is 0 Å². The molecule has 0 spiro atoms. The number of hydrogen-bond acceptors (Lipinski definition) is 4. The number of nitrogen functional groups attached to an aromatic ring is 1. The van der Waals surface area contributed by atoms with E-state index >= 15 is 0 Å². The van der Waals surface area contributed by atoms with Crippen LogP contribution in [0.3, 0.4) is 0 Å². The molecule has 20 heavy (non-hydrogen) atoms. The molecule has 1 aromatic carbocycles. The molecule has 0 atom stereocenters. The van der Waals surface area contributed by atoms with Crippen LogP contribution in [0.1, 0.15) is 24.7 Å². The SMILES string of the molecule is CCCc1nc(N)c(C)c(-n2cnc3ccccc32)n1. The molecule has 0 unspecified atom stereocenters. The summed E-state index contributed by atoms with van der Waals surface area (Å²) in [5.74, 6) is 2.13. The minimum atomic E-state index is 0.538. The number of hydrogen-bond donors (Lipinski definition) is 1. The van der Waals surface area contributed by atoms with Crippen LogP contribution >= 0.6 is 0 Å². The Morgan fingerprint density at radius 3 is 2.80 bits per heavy atom. The lowest BCUT2D eigenvalue weighted by atomic mass is 10.2. The van der Waals surface area contributed by atoms with E-state index in [1.807, 2.05) is 35.8 Å². The highest BCUT2D eigenvalue weighted by molar-refractivity contribution is 5.77. The standard InChI is InChI=1S/C15H17N5/c1-3-6-13-18-14(16)10(2)15(19-13)20-9-17-11-7-4-5-8-12(11)20/h4-5,7-9H,3,6H2,1-2H3,(H2,16,18,19). The molecule has 0 aliphatic heterocycles. The molecule has 0 aliphatic rings. The van der Waals surface area contributed by atoms with Crippen molar-refractivity contribution in [1.82, 2.24) is 19.5 Å². The van der Waals surface area contributed by atoms with E-state index in [2.05, 4.69) is 21.9 Å². The predicted octanol–water partition coefficient (Wildman–Crippen LogP) is 2.66. The Morgan fingerprint density at radius 1 is 1.20 bits per heavy atom. The van der Waals surface area contributed by atoms with Crippen molar-refractivity contribution in [1.29, 1.82) is 0 Å². The van der Waals surface area contributed by atoms with Crippen LogP contribution in [0.25, 0.3) is 16.9 Å². The summed E-state index contributed by atoms with van der Waals surface area (Å²) in [7, 11) is 0. The highest BCUT2D eigenvalue weighted by Gasteiger charge is 2.12. The monoisotopic (exact) mass is 267 g/mol. The summed E-state index contributed by atoms with van der Waals surface area (Å²) in [6.45, 7) is 4.04. The molecule has 0 amide bonds. The Balaban J connectivity index is 2.23. The second kappa shape index (κ2) is 4.92. The van der Waals surface area contributed by atoms with E-state index in [-0.39, 0.29) is 0 Å². The Bertz CT molecular complexity index is 760. The van der Waals surface area contributed by atoms with E-state index < -0.39 is 0 Å². The summed E-state index contributed by atoms with van der Waals surface area (Å²) in [5, 5.41) is 0. The Kier molecular flexibility index (Phi) is 3.10. The first-order valence-electron chi connectivity index (χ1n) is 6.76. The van der Waals surface area contributed by atoms with Crippen LogP contribution in [-0.4, -0.2) is 19.5 Å². The van der Waals surface area contributed by atoms with Gasteiger partial charge in [0.1, 0.15) is 23.8 Å². The van der Waals surface area contributed by atoms with Crippen molar-refractivity contribution in [3.63, 3.8) is 0 Å². The number of nitrogens with zero attached hydrogens (tertiary/aromatic N) is 4. The molecule has 3 aromatic rings. The van der Waals surface area contributed by atoms with Gasteiger partial charge in [-0.3, -0.25) is 4.57 Å². The van der Waals surface area contributed by atoms with Crippen molar-refractivity contribution in [2.75, 3.05) is 5.73 Å². The highest BCUT2D eigenvalue weighted by atomic mass is 15.1. The summed E-state index contributed by atoms with van der Waals surface area (Å²) >= 11 is 0. The molecule has 0 radical (unpaired) electrons. The van der Waals surface area contributed by atoms with Gasteiger partial charge in [0.25, 0.3) is 0 Å². The molecule has 2 aromatic heterocycles. The van der Waals surface area contributed by atoms with E-state index in [1.54, 1.807) is 6.33 Å². The topological polar surface area (TPSA) is 69.6 Å². The average molecular weight is 267 g/mol. The van der Waals surface area contributed by atoms with Crippen molar-refractivity contribution < 1.29 is 0 Å². The van der Waals surface area contributed by atoms with Gasteiger partial charge in [0, 0.05) is 12.0 Å².